The largest absolute Gasteiger partial charge is 0.394 e. The Kier molecular flexibility index (Phi) is 34.3. The molecule has 24 nitrogen and oxygen atoms in total. The molecule has 0 radical (unpaired) electrons. The van der Waals surface area contributed by atoms with Crippen LogP contribution in [0.4, 0.5) is 0 Å². The molecule has 81 heavy (non-hydrogen) atoms. The van der Waals surface area contributed by atoms with E-state index in [2.05, 4.69) is 13.8 Å². The van der Waals surface area contributed by atoms with Crippen molar-refractivity contribution in [3.05, 3.63) is 0 Å². The van der Waals surface area contributed by atoms with Crippen LogP contribution in [0.1, 0.15) is 174 Å². The molecule has 4 heterocycles. The summed E-state index contributed by atoms with van der Waals surface area (Å²) in [5.41, 5.74) is -2.23. The predicted molar refractivity (Wildman–Crippen MR) is 291 cm³/mol. The molecule has 20 atom stereocenters. The zero-order valence-corrected chi connectivity index (χ0v) is 48.3. The zero-order valence-electron chi connectivity index (χ0n) is 48.3. The van der Waals surface area contributed by atoms with Gasteiger partial charge in [-0.05, 0) is 25.7 Å². The van der Waals surface area contributed by atoms with Crippen molar-refractivity contribution in [2.75, 3.05) is 52.9 Å². The third-order valence-corrected chi connectivity index (χ3v) is 17.1. The normalized spacial score (nSPS) is 36.4. The van der Waals surface area contributed by atoms with Gasteiger partial charge in [-0.1, -0.05) is 149 Å². The van der Waals surface area contributed by atoms with E-state index < -0.39 is 160 Å². The van der Waals surface area contributed by atoms with E-state index >= 15 is 0 Å². The third-order valence-electron chi connectivity index (χ3n) is 17.1. The number of aliphatic hydroxyl groups is 16. The van der Waals surface area contributed by atoms with Crippen LogP contribution in [0.25, 0.3) is 0 Å². The first-order valence-electron chi connectivity index (χ1n) is 30.6. The summed E-state index contributed by atoms with van der Waals surface area (Å²) in [7, 11) is 0. The minimum atomic E-state index is -1.77. The van der Waals surface area contributed by atoms with Crippen LogP contribution in [-0.2, 0) is 37.9 Å². The summed E-state index contributed by atoms with van der Waals surface area (Å²) in [6, 6.07) is 0. The molecule has 16 N–H and O–H groups in total. The molecule has 24 heteroatoms. The van der Waals surface area contributed by atoms with Crippen molar-refractivity contribution < 1.29 is 120 Å². The van der Waals surface area contributed by atoms with Crippen molar-refractivity contribution >= 4 is 0 Å². The number of hydrogen-bond donors (Lipinski definition) is 16. The molecule has 0 aromatic rings. The molecule has 0 spiro atoms. The standard InChI is InChI=1S/C57H108O24/c1-3-5-7-9-11-13-15-17-19-21-24-56(32-74-52-48(70)44(66)40(62)36(28-58)78-52,33-75-53-49(71)45(67)41(63)37(29-59)79-53)26-23-27-57(25-22-20-18-16-14-12-10-8-6-4-2,34-76-54-50(72)46(68)42(64)38(30-60)80-54)35-77-55-51(73)47(69)43(65)39(31-61)81-55/h36-55,58-73H,3-35H2,1-2H3/t36?,37?,38?,39?,40-,41-,42-,43-,44+,45+,46+,47+,48?,49?,50?,51?,52-,53-,54-,55-,56?,57?/m1/s1. The molecule has 4 fully saturated rings. The first kappa shape index (κ1) is 72.5. The summed E-state index contributed by atoms with van der Waals surface area (Å²) < 4.78 is 48.5. The molecule has 4 saturated heterocycles. The van der Waals surface area contributed by atoms with Gasteiger partial charge in [-0.25, -0.2) is 0 Å². The van der Waals surface area contributed by atoms with Gasteiger partial charge in [0.2, 0.25) is 0 Å². The maximum atomic E-state index is 11.2. The van der Waals surface area contributed by atoms with Gasteiger partial charge in [0.1, 0.15) is 97.7 Å². The fourth-order valence-corrected chi connectivity index (χ4v) is 11.6. The second kappa shape index (κ2) is 38.3. The Labute approximate surface area is 479 Å². The molecule has 4 aliphatic rings. The fourth-order valence-electron chi connectivity index (χ4n) is 11.6. The van der Waals surface area contributed by atoms with Crippen LogP contribution >= 0.6 is 0 Å². The Morgan fingerprint density at radius 1 is 0.259 bits per heavy atom. The molecule has 0 bridgehead atoms. The molecule has 480 valence electrons. The van der Waals surface area contributed by atoms with Crippen molar-refractivity contribution in [2.24, 2.45) is 10.8 Å². The molecule has 4 rings (SSSR count). The first-order valence-corrected chi connectivity index (χ1v) is 30.6. The SMILES string of the molecule is CCCCCCCCCCCCC(CCCC(CCCCCCCCCCCC)(CO[C@@H]1OC(CO)[C@@H](O)[C@H](O)C1O)CO[C@@H]1OC(CO)[C@@H](O)[C@H](O)C1O)(CO[C@@H]1OC(CO)[C@@H](O)[C@H](O)C1O)CO[C@@H]1OC(CO)[C@@H](O)[C@H](O)C1O. The first-order chi connectivity index (χ1) is 38.9. The van der Waals surface area contributed by atoms with E-state index in [1.54, 1.807) is 0 Å². The van der Waals surface area contributed by atoms with E-state index in [-0.39, 0.29) is 45.7 Å². The Balaban J connectivity index is 1.74. The Bertz CT molecular complexity index is 1410. The fraction of sp³-hybridized carbons (Fsp3) is 1.00. The third kappa shape index (κ3) is 22.3. The van der Waals surface area contributed by atoms with Crippen molar-refractivity contribution in [2.45, 2.75) is 297 Å². The van der Waals surface area contributed by atoms with Crippen LogP contribution in [0.15, 0.2) is 0 Å². The van der Waals surface area contributed by atoms with Gasteiger partial charge in [-0.15, -0.1) is 0 Å². The summed E-state index contributed by atoms with van der Waals surface area (Å²) in [6.07, 6.45) is -10.6. The highest BCUT2D eigenvalue weighted by Gasteiger charge is 2.50. The van der Waals surface area contributed by atoms with E-state index in [4.69, 9.17) is 37.9 Å². The van der Waals surface area contributed by atoms with Gasteiger partial charge in [0, 0.05) is 10.8 Å². The second-order valence-electron chi connectivity index (χ2n) is 23.8. The Morgan fingerprint density at radius 2 is 0.457 bits per heavy atom. The Hall–Kier alpha value is -0.960. The smallest absolute Gasteiger partial charge is 0.186 e. The molecule has 0 amide bonds. The summed E-state index contributed by atoms with van der Waals surface area (Å²) >= 11 is 0. The maximum absolute atomic E-state index is 11.2. The van der Waals surface area contributed by atoms with Crippen LogP contribution in [0.5, 0.6) is 0 Å². The summed E-state index contributed by atoms with van der Waals surface area (Å²) in [4.78, 5) is 0. The van der Waals surface area contributed by atoms with Gasteiger partial charge in [0.05, 0.1) is 52.9 Å². The molecule has 0 saturated carbocycles. The lowest BCUT2D eigenvalue weighted by molar-refractivity contribution is -0.320. The number of unbranched alkanes of at least 4 members (excludes halogenated alkanes) is 18. The lowest BCUT2D eigenvalue weighted by Gasteiger charge is -2.44. The summed E-state index contributed by atoms with van der Waals surface area (Å²) in [5, 5.41) is 170. The van der Waals surface area contributed by atoms with E-state index in [0.717, 1.165) is 89.9 Å². The molecule has 8 unspecified atom stereocenters. The van der Waals surface area contributed by atoms with Gasteiger partial charge < -0.3 is 120 Å². The van der Waals surface area contributed by atoms with Gasteiger partial charge in [-0.3, -0.25) is 0 Å². The van der Waals surface area contributed by atoms with E-state index in [0.29, 0.717) is 25.7 Å². The lowest BCUT2D eigenvalue weighted by atomic mass is 9.74. The predicted octanol–water partition coefficient (Wildman–Crippen LogP) is 0.0175. The zero-order chi connectivity index (χ0) is 59.5. The number of aliphatic hydroxyl groups excluding tert-OH is 16. The molecule has 0 aromatic heterocycles. The number of hydrogen-bond acceptors (Lipinski definition) is 24. The number of rotatable bonds is 42. The minimum Gasteiger partial charge on any atom is -0.394 e. The van der Waals surface area contributed by atoms with Crippen LogP contribution in [-0.4, -0.2) is 257 Å². The van der Waals surface area contributed by atoms with Gasteiger partial charge in [0.15, 0.2) is 25.2 Å². The molecule has 0 aliphatic carbocycles. The van der Waals surface area contributed by atoms with Crippen molar-refractivity contribution in [1.82, 2.24) is 0 Å². The summed E-state index contributed by atoms with van der Waals surface area (Å²) in [5.74, 6) is 0. The lowest BCUT2D eigenvalue weighted by Crippen LogP contribution is -2.60. The van der Waals surface area contributed by atoms with Gasteiger partial charge in [-0.2, -0.15) is 0 Å². The highest BCUT2D eigenvalue weighted by atomic mass is 16.7. The summed E-state index contributed by atoms with van der Waals surface area (Å²) in [6.45, 7) is 0.418. The van der Waals surface area contributed by atoms with Gasteiger partial charge >= 0.3 is 0 Å². The van der Waals surface area contributed by atoms with Crippen LogP contribution in [0.2, 0.25) is 0 Å². The monoisotopic (exact) mass is 1180 g/mol. The van der Waals surface area contributed by atoms with Crippen LogP contribution < -0.4 is 0 Å². The van der Waals surface area contributed by atoms with E-state index in [9.17, 15) is 81.7 Å². The average Bonchev–Trinajstić information content (AvgIpc) is 3.52. The van der Waals surface area contributed by atoms with Crippen LogP contribution in [0, 0.1) is 10.8 Å². The second-order valence-corrected chi connectivity index (χ2v) is 23.8. The maximum Gasteiger partial charge on any atom is 0.186 e. The molecular formula is C57H108O24. The van der Waals surface area contributed by atoms with Crippen molar-refractivity contribution in [3.8, 4) is 0 Å². The highest BCUT2D eigenvalue weighted by molar-refractivity contribution is 4.94. The van der Waals surface area contributed by atoms with E-state index in [1.165, 1.54) is 25.7 Å². The Morgan fingerprint density at radius 3 is 0.667 bits per heavy atom. The van der Waals surface area contributed by atoms with Crippen LogP contribution in [0.3, 0.4) is 0 Å². The molecular weight excluding hydrogens is 1070 g/mol. The highest BCUT2D eigenvalue weighted by Crippen LogP contribution is 2.41. The topological polar surface area (TPSA) is 398 Å². The minimum absolute atomic E-state index is 0.207. The average molecular weight is 1180 g/mol. The molecule has 4 aliphatic heterocycles. The van der Waals surface area contributed by atoms with Crippen molar-refractivity contribution in [1.29, 1.82) is 0 Å². The quantitative estimate of drug-likeness (QED) is 0.0358. The van der Waals surface area contributed by atoms with Gasteiger partial charge in [0.25, 0.3) is 0 Å². The van der Waals surface area contributed by atoms with Crippen molar-refractivity contribution in [3.63, 3.8) is 0 Å². The molecule has 0 aromatic carbocycles. The van der Waals surface area contributed by atoms with E-state index in [1.807, 2.05) is 0 Å². The number of ether oxygens (including phenoxy) is 8.